The van der Waals surface area contributed by atoms with Crippen LogP contribution in [0.4, 0.5) is 0 Å². The molecule has 0 N–H and O–H groups in total. The Bertz CT molecular complexity index is 657. The van der Waals surface area contributed by atoms with Gasteiger partial charge in [-0.25, -0.2) is 0 Å². The highest BCUT2D eigenvalue weighted by Gasteiger charge is 2.15. The number of hydrogen-bond acceptors (Lipinski definition) is 0. The first-order chi connectivity index (χ1) is 13.5. The van der Waals surface area contributed by atoms with Gasteiger partial charge < -0.3 is 0 Å². The van der Waals surface area contributed by atoms with E-state index in [4.69, 9.17) is 0 Å². The van der Waals surface area contributed by atoms with Crippen LogP contribution in [0, 0.1) is 0 Å². The molecule has 0 aromatic heterocycles. The molecule has 28 heavy (non-hydrogen) atoms. The Balaban J connectivity index is 2.48. The Morgan fingerprint density at radius 3 is 1.29 bits per heavy atom. The number of aryl methyl sites for hydroxylation is 2. The Kier molecular flexibility index (Phi) is 9.29. The minimum absolute atomic E-state index is 0.545. The Labute approximate surface area is 174 Å². The molecule has 0 nitrogen and oxygen atoms in total. The van der Waals surface area contributed by atoms with Crippen molar-refractivity contribution in [1.29, 1.82) is 0 Å². The van der Waals surface area contributed by atoms with Crippen molar-refractivity contribution < 1.29 is 0 Å². The average molecular weight is 379 g/mol. The predicted molar refractivity (Wildman–Crippen MR) is 127 cm³/mol. The number of unbranched alkanes of at least 4 members (excludes halogenated alkanes) is 4. The van der Waals surface area contributed by atoms with Gasteiger partial charge in [0.15, 0.2) is 0 Å². The largest absolute Gasteiger partial charge is 0.0654 e. The lowest BCUT2D eigenvalue weighted by molar-refractivity contribution is 0.716. The fourth-order valence-electron chi connectivity index (χ4n) is 4.15. The Morgan fingerprint density at radius 1 is 0.571 bits per heavy atom. The van der Waals surface area contributed by atoms with Crippen molar-refractivity contribution in [2.45, 2.75) is 105 Å². The molecule has 0 fully saturated rings. The molecule has 0 saturated carbocycles. The molecule has 0 amide bonds. The van der Waals surface area contributed by atoms with Gasteiger partial charge in [-0.05, 0) is 70.9 Å². The van der Waals surface area contributed by atoms with Crippen molar-refractivity contribution in [3.63, 3.8) is 0 Å². The standard InChI is InChI=1S/C28H42/c1-7-9-11-13-23-15-17-25(21(3)4)27(19-23)28-20-24(14-12-10-8-2)16-18-26(28)22(5)6/h15-22H,7-14H2,1-6H3. The lowest BCUT2D eigenvalue weighted by atomic mass is 9.84. The van der Waals surface area contributed by atoms with Gasteiger partial charge in [-0.1, -0.05) is 104 Å². The molecule has 0 aliphatic heterocycles. The Morgan fingerprint density at radius 2 is 0.964 bits per heavy atom. The van der Waals surface area contributed by atoms with Gasteiger partial charge >= 0.3 is 0 Å². The minimum Gasteiger partial charge on any atom is -0.0654 e. The molecule has 0 aliphatic carbocycles. The second-order valence-electron chi connectivity index (χ2n) is 9.07. The molecule has 0 saturated heterocycles. The number of benzene rings is 2. The zero-order chi connectivity index (χ0) is 20.5. The molecule has 0 unspecified atom stereocenters. The maximum atomic E-state index is 2.50. The van der Waals surface area contributed by atoms with E-state index in [-0.39, 0.29) is 0 Å². The van der Waals surface area contributed by atoms with E-state index in [1.807, 2.05) is 0 Å². The second kappa shape index (κ2) is 11.4. The van der Waals surface area contributed by atoms with Crippen molar-refractivity contribution in [3.8, 4) is 11.1 Å². The van der Waals surface area contributed by atoms with Gasteiger partial charge in [0.2, 0.25) is 0 Å². The maximum Gasteiger partial charge on any atom is -0.0144 e. The van der Waals surface area contributed by atoms with Crippen LogP contribution in [0.5, 0.6) is 0 Å². The zero-order valence-corrected chi connectivity index (χ0v) is 19.3. The van der Waals surface area contributed by atoms with Crippen molar-refractivity contribution in [2.75, 3.05) is 0 Å². The van der Waals surface area contributed by atoms with E-state index in [9.17, 15) is 0 Å². The third kappa shape index (κ3) is 6.23. The molecule has 0 heteroatoms. The third-order valence-corrected chi connectivity index (χ3v) is 5.91. The number of hydrogen-bond donors (Lipinski definition) is 0. The van der Waals surface area contributed by atoms with Gasteiger partial charge in [0.1, 0.15) is 0 Å². The molecular weight excluding hydrogens is 336 g/mol. The van der Waals surface area contributed by atoms with Crippen LogP contribution in [-0.2, 0) is 12.8 Å². The fourth-order valence-corrected chi connectivity index (χ4v) is 4.15. The first-order valence-electron chi connectivity index (χ1n) is 11.7. The summed E-state index contributed by atoms with van der Waals surface area (Å²) in [4.78, 5) is 0. The summed E-state index contributed by atoms with van der Waals surface area (Å²) in [6.07, 6.45) is 10.2. The van der Waals surface area contributed by atoms with Crippen molar-refractivity contribution in [2.24, 2.45) is 0 Å². The molecule has 0 atom stereocenters. The van der Waals surface area contributed by atoms with Crippen LogP contribution in [0.25, 0.3) is 11.1 Å². The molecule has 0 aliphatic rings. The van der Waals surface area contributed by atoms with Crippen LogP contribution >= 0.6 is 0 Å². The van der Waals surface area contributed by atoms with Crippen molar-refractivity contribution in [1.82, 2.24) is 0 Å². The average Bonchev–Trinajstić information content (AvgIpc) is 2.68. The van der Waals surface area contributed by atoms with Crippen LogP contribution in [0.1, 0.15) is 114 Å². The summed E-state index contributed by atoms with van der Waals surface area (Å²) in [5, 5.41) is 0. The second-order valence-corrected chi connectivity index (χ2v) is 9.07. The molecule has 2 aromatic carbocycles. The normalized spacial score (nSPS) is 11.6. The summed E-state index contributed by atoms with van der Waals surface area (Å²) in [6, 6.07) is 14.5. The van der Waals surface area contributed by atoms with Crippen LogP contribution in [0.15, 0.2) is 36.4 Å². The topological polar surface area (TPSA) is 0 Å². The van der Waals surface area contributed by atoms with Crippen LogP contribution in [0.2, 0.25) is 0 Å². The van der Waals surface area contributed by atoms with Crippen molar-refractivity contribution in [3.05, 3.63) is 58.7 Å². The Hall–Kier alpha value is -1.56. The molecule has 0 bridgehead atoms. The molecule has 0 heterocycles. The summed E-state index contributed by atoms with van der Waals surface area (Å²) in [5.74, 6) is 1.09. The minimum atomic E-state index is 0.545. The monoisotopic (exact) mass is 378 g/mol. The van der Waals surface area contributed by atoms with E-state index in [1.165, 1.54) is 84.7 Å². The van der Waals surface area contributed by atoms with Crippen LogP contribution in [0.3, 0.4) is 0 Å². The first-order valence-corrected chi connectivity index (χ1v) is 11.7. The quantitative estimate of drug-likeness (QED) is 0.342. The molecule has 0 radical (unpaired) electrons. The van der Waals surface area contributed by atoms with Gasteiger partial charge in [-0.15, -0.1) is 0 Å². The summed E-state index contributed by atoms with van der Waals surface area (Å²) in [6.45, 7) is 13.9. The van der Waals surface area contributed by atoms with Gasteiger partial charge in [0.25, 0.3) is 0 Å². The van der Waals surface area contributed by atoms with E-state index in [0.717, 1.165) is 0 Å². The highest BCUT2D eigenvalue weighted by Crippen LogP contribution is 2.36. The van der Waals surface area contributed by atoms with E-state index in [0.29, 0.717) is 11.8 Å². The van der Waals surface area contributed by atoms with Gasteiger partial charge in [-0.3, -0.25) is 0 Å². The predicted octanol–water partition coefficient (Wildman–Crippen LogP) is 9.07. The molecular formula is C28H42. The van der Waals surface area contributed by atoms with Gasteiger partial charge in [-0.2, -0.15) is 0 Å². The first kappa shape index (κ1) is 22.7. The number of rotatable bonds is 11. The smallest absolute Gasteiger partial charge is 0.0144 e. The van der Waals surface area contributed by atoms with E-state index in [2.05, 4.69) is 77.9 Å². The summed E-state index contributed by atoms with van der Waals surface area (Å²) in [5.41, 5.74) is 8.94. The summed E-state index contributed by atoms with van der Waals surface area (Å²) in [7, 11) is 0. The molecule has 2 rings (SSSR count). The van der Waals surface area contributed by atoms with Gasteiger partial charge in [0, 0.05) is 0 Å². The van der Waals surface area contributed by atoms with Gasteiger partial charge in [0.05, 0.1) is 0 Å². The van der Waals surface area contributed by atoms with E-state index < -0.39 is 0 Å². The lowest BCUT2D eigenvalue weighted by Gasteiger charge is -2.20. The fraction of sp³-hybridized carbons (Fsp3) is 0.571. The van der Waals surface area contributed by atoms with Crippen LogP contribution in [-0.4, -0.2) is 0 Å². The van der Waals surface area contributed by atoms with Crippen molar-refractivity contribution >= 4 is 0 Å². The molecule has 154 valence electrons. The zero-order valence-electron chi connectivity index (χ0n) is 19.3. The van der Waals surface area contributed by atoms with Crippen LogP contribution < -0.4 is 0 Å². The van der Waals surface area contributed by atoms with E-state index >= 15 is 0 Å². The third-order valence-electron chi connectivity index (χ3n) is 5.91. The van der Waals surface area contributed by atoms with E-state index in [1.54, 1.807) is 0 Å². The highest BCUT2D eigenvalue weighted by molar-refractivity contribution is 5.73. The summed E-state index contributed by atoms with van der Waals surface area (Å²) < 4.78 is 0. The molecule has 0 spiro atoms. The summed E-state index contributed by atoms with van der Waals surface area (Å²) >= 11 is 0. The molecule has 2 aromatic rings. The maximum absolute atomic E-state index is 2.50. The lowest BCUT2D eigenvalue weighted by Crippen LogP contribution is -2.00. The SMILES string of the molecule is CCCCCc1ccc(C(C)C)c(-c2cc(CCCCC)ccc2C(C)C)c1. The highest BCUT2D eigenvalue weighted by atomic mass is 14.2.